The van der Waals surface area contributed by atoms with Crippen LogP contribution in [0.15, 0.2) is 0 Å². The maximum atomic E-state index is 11.5. The zero-order chi connectivity index (χ0) is 11.4. The molecule has 1 amide bonds. The second kappa shape index (κ2) is 3.88. The minimum Gasteiger partial charge on any atom is -0.368 e. The van der Waals surface area contributed by atoms with Gasteiger partial charge in [0.1, 0.15) is 0 Å². The average molecular weight is 247 g/mol. The molecule has 3 nitrogen and oxygen atoms in total. The number of carbonyl (C=O) groups is 1. The van der Waals surface area contributed by atoms with Gasteiger partial charge in [0.25, 0.3) is 0 Å². The van der Waals surface area contributed by atoms with Crippen LogP contribution in [-0.2, 0) is 4.79 Å². The maximum absolute atomic E-state index is 11.5. The Kier molecular flexibility index (Phi) is 3.34. The van der Waals surface area contributed by atoms with Crippen molar-refractivity contribution in [1.29, 1.82) is 0 Å². The molecule has 0 aromatic rings. The summed E-state index contributed by atoms with van der Waals surface area (Å²) in [6.45, 7) is 9.96. The summed E-state index contributed by atoms with van der Waals surface area (Å²) in [5.74, 6) is 1.01. The fraction of sp³-hybridized carbons (Fsp3) is 0.917. The second-order valence-electron chi connectivity index (χ2n) is 5.76. The van der Waals surface area contributed by atoms with Crippen LogP contribution in [0.4, 0.5) is 0 Å². The van der Waals surface area contributed by atoms with Crippen molar-refractivity contribution >= 4 is 18.3 Å². The number of nitrogens with two attached hydrogens (primary N) is 1. The summed E-state index contributed by atoms with van der Waals surface area (Å²) < 4.78 is 0. The van der Waals surface area contributed by atoms with Gasteiger partial charge in [-0.3, -0.25) is 4.79 Å². The van der Waals surface area contributed by atoms with E-state index in [0.717, 1.165) is 13.0 Å². The molecule has 4 heteroatoms. The minimum absolute atomic E-state index is 0. The first-order chi connectivity index (χ1) is 6.90. The van der Waals surface area contributed by atoms with Gasteiger partial charge in [0.15, 0.2) is 0 Å². The summed E-state index contributed by atoms with van der Waals surface area (Å²) in [5.41, 5.74) is 5.90. The van der Waals surface area contributed by atoms with Crippen LogP contribution >= 0.6 is 12.4 Å². The summed E-state index contributed by atoms with van der Waals surface area (Å²) in [6, 6.07) is -0.118. The van der Waals surface area contributed by atoms with E-state index in [1.54, 1.807) is 0 Å². The van der Waals surface area contributed by atoms with E-state index in [9.17, 15) is 4.79 Å². The molecule has 2 rings (SSSR count). The molecule has 1 saturated carbocycles. The number of nitrogens with one attached hydrogen (secondary N) is 1. The zero-order valence-corrected chi connectivity index (χ0v) is 11.4. The number of hydrogen-bond donors (Lipinski definition) is 2. The molecule has 2 aliphatic rings. The second-order valence-corrected chi connectivity index (χ2v) is 5.76. The molecule has 16 heavy (non-hydrogen) atoms. The predicted octanol–water partition coefficient (Wildman–Crippen LogP) is 1.55. The van der Waals surface area contributed by atoms with Crippen LogP contribution in [0.5, 0.6) is 0 Å². The number of rotatable bonds is 3. The molecule has 0 radical (unpaired) electrons. The third-order valence-electron chi connectivity index (χ3n) is 5.20. The van der Waals surface area contributed by atoms with Crippen molar-refractivity contribution in [3.8, 4) is 0 Å². The van der Waals surface area contributed by atoms with Crippen LogP contribution in [0.2, 0.25) is 0 Å². The zero-order valence-electron chi connectivity index (χ0n) is 10.5. The Balaban J connectivity index is 0.00000128. The SMILES string of the molecule is CCC(C)C12C(C(N)=O)NCC1C2(C)C.Cl. The number of primary amides is 1. The van der Waals surface area contributed by atoms with E-state index in [1.807, 2.05) is 0 Å². The number of halogens is 1. The Morgan fingerprint density at radius 3 is 2.50 bits per heavy atom. The van der Waals surface area contributed by atoms with E-state index >= 15 is 0 Å². The van der Waals surface area contributed by atoms with Gasteiger partial charge >= 0.3 is 0 Å². The van der Waals surface area contributed by atoms with Crippen LogP contribution in [0.25, 0.3) is 0 Å². The van der Waals surface area contributed by atoms with Crippen molar-refractivity contribution in [2.45, 2.75) is 40.2 Å². The number of hydrogen-bond acceptors (Lipinski definition) is 2. The minimum atomic E-state index is -0.177. The lowest BCUT2D eigenvalue weighted by Crippen LogP contribution is -2.48. The van der Waals surface area contributed by atoms with Gasteiger partial charge in [-0.25, -0.2) is 0 Å². The molecule has 1 heterocycles. The highest BCUT2D eigenvalue weighted by Crippen LogP contribution is 2.76. The standard InChI is InChI=1S/C12H22N2O.ClH/c1-5-7(2)12-8(11(12,3)4)6-14-9(12)10(13)15;/h7-9,14H,5-6H2,1-4H3,(H2,13,15);1H. The first-order valence-corrected chi connectivity index (χ1v) is 5.93. The van der Waals surface area contributed by atoms with Crippen molar-refractivity contribution in [2.24, 2.45) is 28.4 Å². The fourth-order valence-electron chi connectivity index (χ4n) is 4.28. The largest absolute Gasteiger partial charge is 0.368 e. The molecule has 0 bridgehead atoms. The molecule has 4 atom stereocenters. The number of fused-ring (bicyclic) bond motifs is 1. The summed E-state index contributed by atoms with van der Waals surface area (Å²) in [5, 5.41) is 3.29. The summed E-state index contributed by atoms with van der Waals surface area (Å²) >= 11 is 0. The van der Waals surface area contributed by atoms with Gasteiger partial charge in [-0.05, 0) is 23.8 Å². The van der Waals surface area contributed by atoms with Crippen LogP contribution < -0.4 is 11.1 Å². The van der Waals surface area contributed by atoms with E-state index in [1.165, 1.54) is 0 Å². The topological polar surface area (TPSA) is 55.1 Å². The van der Waals surface area contributed by atoms with E-state index in [0.29, 0.717) is 11.8 Å². The normalized spacial score (nSPS) is 40.8. The molecular formula is C12H23ClN2O. The van der Waals surface area contributed by atoms with Gasteiger partial charge in [0.05, 0.1) is 6.04 Å². The highest BCUT2D eigenvalue weighted by atomic mass is 35.5. The molecule has 1 saturated heterocycles. The van der Waals surface area contributed by atoms with E-state index < -0.39 is 0 Å². The van der Waals surface area contributed by atoms with Gasteiger partial charge in [-0.15, -0.1) is 12.4 Å². The quantitative estimate of drug-likeness (QED) is 0.794. The lowest BCUT2D eigenvalue weighted by molar-refractivity contribution is -0.122. The average Bonchev–Trinajstić information content (AvgIpc) is 2.55. The summed E-state index contributed by atoms with van der Waals surface area (Å²) in [7, 11) is 0. The maximum Gasteiger partial charge on any atom is 0.235 e. The molecule has 1 aliphatic heterocycles. The molecular weight excluding hydrogens is 224 g/mol. The Morgan fingerprint density at radius 1 is 1.56 bits per heavy atom. The van der Waals surface area contributed by atoms with E-state index in [4.69, 9.17) is 5.73 Å². The van der Waals surface area contributed by atoms with Crippen molar-refractivity contribution in [2.75, 3.05) is 6.54 Å². The van der Waals surface area contributed by atoms with Crippen molar-refractivity contribution in [3.05, 3.63) is 0 Å². The molecule has 2 fully saturated rings. The first-order valence-electron chi connectivity index (χ1n) is 5.93. The smallest absolute Gasteiger partial charge is 0.235 e. The van der Waals surface area contributed by atoms with Crippen LogP contribution in [0.1, 0.15) is 34.1 Å². The highest BCUT2D eigenvalue weighted by Gasteiger charge is 2.78. The van der Waals surface area contributed by atoms with E-state index in [-0.39, 0.29) is 35.2 Å². The van der Waals surface area contributed by atoms with Gasteiger partial charge in [0.2, 0.25) is 5.91 Å². The highest BCUT2D eigenvalue weighted by molar-refractivity contribution is 5.85. The third-order valence-corrected chi connectivity index (χ3v) is 5.20. The van der Waals surface area contributed by atoms with Crippen LogP contribution in [0, 0.1) is 22.7 Å². The molecule has 94 valence electrons. The molecule has 0 aromatic heterocycles. The van der Waals surface area contributed by atoms with Gasteiger partial charge in [-0.1, -0.05) is 34.1 Å². The Labute approximate surface area is 104 Å². The monoisotopic (exact) mass is 246 g/mol. The van der Waals surface area contributed by atoms with Crippen LogP contribution in [0.3, 0.4) is 0 Å². The fourth-order valence-corrected chi connectivity index (χ4v) is 4.28. The van der Waals surface area contributed by atoms with Gasteiger partial charge in [-0.2, -0.15) is 0 Å². The Hall–Kier alpha value is -0.280. The number of carbonyl (C=O) groups excluding carboxylic acids is 1. The van der Waals surface area contributed by atoms with Gasteiger partial charge < -0.3 is 11.1 Å². The third kappa shape index (κ3) is 1.28. The van der Waals surface area contributed by atoms with Crippen molar-refractivity contribution in [3.63, 3.8) is 0 Å². The van der Waals surface area contributed by atoms with Crippen molar-refractivity contribution in [1.82, 2.24) is 5.32 Å². The predicted molar refractivity (Wildman–Crippen MR) is 67.4 cm³/mol. The first kappa shape index (κ1) is 13.8. The Morgan fingerprint density at radius 2 is 2.12 bits per heavy atom. The van der Waals surface area contributed by atoms with Crippen LogP contribution in [-0.4, -0.2) is 18.5 Å². The lowest BCUT2D eigenvalue weighted by atomic mass is 9.76. The van der Waals surface area contributed by atoms with Gasteiger partial charge in [0, 0.05) is 5.41 Å². The number of amides is 1. The van der Waals surface area contributed by atoms with E-state index in [2.05, 4.69) is 33.0 Å². The van der Waals surface area contributed by atoms with Crippen molar-refractivity contribution < 1.29 is 4.79 Å². The lowest BCUT2D eigenvalue weighted by Gasteiger charge is -2.31. The molecule has 4 unspecified atom stereocenters. The molecule has 0 spiro atoms. The Bertz CT molecular complexity index is 305. The summed E-state index contributed by atoms with van der Waals surface area (Å²) in [4.78, 5) is 11.5. The molecule has 1 aliphatic carbocycles. The summed E-state index contributed by atoms with van der Waals surface area (Å²) in [6.07, 6.45) is 1.12. The number of piperidine rings is 1. The molecule has 0 aromatic carbocycles. The molecule has 3 N–H and O–H groups in total.